The molecule has 0 fully saturated rings. The summed E-state index contributed by atoms with van der Waals surface area (Å²) in [6, 6.07) is 9.70. The Balaban J connectivity index is 0.00000144. The summed E-state index contributed by atoms with van der Waals surface area (Å²) in [6.07, 6.45) is 0. The van der Waals surface area contributed by atoms with Gasteiger partial charge in [-0.1, -0.05) is 24.3 Å². The molecular weight excluding hydrogens is 267 g/mol. The van der Waals surface area contributed by atoms with Gasteiger partial charge in [0.25, 0.3) is 10.1 Å². The van der Waals surface area contributed by atoms with E-state index in [1.54, 1.807) is 24.3 Å². The zero-order valence-corrected chi connectivity index (χ0v) is 9.36. The van der Waals surface area contributed by atoms with Gasteiger partial charge in [-0.15, -0.1) is 0 Å². The fraction of sp³-hybridized carbons (Fsp3) is 0.0909. The predicted octanol–water partition coefficient (Wildman–Crippen LogP) is 1.45. The molecule has 0 radical (unpaired) electrons. The summed E-state index contributed by atoms with van der Waals surface area (Å²) in [5.74, 6) is 0.572. The van der Waals surface area contributed by atoms with E-state index in [1.165, 1.54) is 19.2 Å². The Labute approximate surface area is 142 Å². The van der Waals surface area contributed by atoms with Crippen molar-refractivity contribution in [1.29, 1.82) is 0 Å². The number of rotatable bonds is 2. The van der Waals surface area contributed by atoms with Crippen LogP contribution < -0.4 is 4.74 Å². The quantitative estimate of drug-likeness (QED) is 0.667. The third-order valence-electron chi connectivity index (χ3n) is 2.34. The van der Waals surface area contributed by atoms with Crippen LogP contribution in [0, 0.1) is 0 Å². The van der Waals surface area contributed by atoms with Crippen molar-refractivity contribution in [3.05, 3.63) is 36.4 Å². The Hall–Kier alpha value is 0.0464. The Morgan fingerprint density at radius 3 is 2.18 bits per heavy atom. The molecule has 0 aliphatic heterocycles. The Morgan fingerprint density at radius 1 is 1.06 bits per heavy atom. The number of hydrogen-bond donors (Lipinski definition) is 1. The third-order valence-corrected chi connectivity index (χ3v) is 3.25. The van der Waals surface area contributed by atoms with Crippen molar-refractivity contribution >= 4 is 72.3 Å². The van der Waals surface area contributed by atoms with Crippen molar-refractivity contribution in [2.75, 3.05) is 7.11 Å². The van der Waals surface area contributed by atoms with Crippen molar-refractivity contribution in [2.45, 2.75) is 4.90 Å². The fourth-order valence-electron chi connectivity index (χ4n) is 1.65. The summed E-state index contributed by atoms with van der Waals surface area (Å²) in [4.78, 5) is -0.107. The molecule has 6 heteroatoms. The molecule has 2 rings (SSSR count). The van der Waals surface area contributed by atoms with Gasteiger partial charge in [-0.3, -0.25) is 4.55 Å². The normalized spacial score (nSPS) is 10.9. The van der Waals surface area contributed by atoms with Gasteiger partial charge >= 0.3 is 51.4 Å². The molecule has 0 aromatic heterocycles. The van der Waals surface area contributed by atoms with Crippen LogP contribution >= 0.6 is 0 Å². The molecule has 1 N–H and O–H groups in total. The van der Waals surface area contributed by atoms with Gasteiger partial charge in [0.05, 0.1) is 7.11 Å². The molecule has 0 heterocycles. The van der Waals surface area contributed by atoms with Crippen LogP contribution in [0.1, 0.15) is 0 Å². The van der Waals surface area contributed by atoms with Crippen LogP contribution in [0.15, 0.2) is 41.3 Å². The monoisotopic (exact) mass is 278 g/mol. The Bertz CT molecular complexity index is 637. The second-order valence-corrected chi connectivity index (χ2v) is 4.68. The van der Waals surface area contributed by atoms with Gasteiger partial charge in [-0.05, 0) is 12.1 Å². The van der Waals surface area contributed by atoms with E-state index in [4.69, 9.17) is 9.29 Å². The molecule has 2 aromatic rings. The van der Waals surface area contributed by atoms with Crippen LogP contribution in [0.2, 0.25) is 0 Å². The van der Waals surface area contributed by atoms with E-state index >= 15 is 0 Å². The van der Waals surface area contributed by atoms with Crippen molar-refractivity contribution in [3.63, 3.8) is 0 Å². The minimum atomic E-state index is -4.21. The first-order valence-corrected chi connectivity index (χ1v) is 6.01. The fourth-order valence-corrected chi connectivity index (χ4v) is 2.34. The maximum absolute atomic E-state index is 11.2. The molecule has 2 aromatic carbocycles. The molecule has 0 unspecified atom stereocenters. The Morgan fingerprint density at radius 2 is 1.65 bits per heavy atom. The van der Waals surface area contributed by atoms with Crippen LogP contribution in [-0.4, -0.2) is 71.5 Å². The number of methoxy groups -OCH3 is 1. The van der Waals surface area contributed by atoms with Crippen LogP contribution in [0.5, 0.6) is 5.75 Å². The second kappa shape index (κ2) is 5.79. The van der Waals surface area contributed by atoms with Crippen molar-refractivity contribution in [3.8, 4) is 5.75 Å². The average Bonchev–Trinajstić information content (AvgIpc) is 2.26. The number of benzene rings is 2. The number of hydrogen-bond acceptors (Lipinski definition) is 3. The first-order valence-electron chi connectivity index (χ1n) is 4.57. The predicted molar refractivity (Wildman–Crippen MR) is 67.5 cm³/mol. The van der Waals surface area contributed by atoms with E-state index in [-0.39, 0.29) is 56.3 Å². The topological polar surface area (TPSA) is 63.6 Å². The van der Waals surface area contributed by atoms with E-state index in [2.05, 4.69) is 0 Å². The third kappa shape index (κ3) is 3.08. The molecule has 0 spiro atoms. The SMILES string of the molecule is COc1ccc(S(=O)(=O)O)c2ccccc12.[KH]. The molecule has 4 nitrogen and oxygen atoms in total. The molecule has 17 heavy (non-hydrogen) atoms. The Kier molecular flexibility index (Phi) is 5.15. The summed E-state index contributed by atoms with van der Waals surface area (Å²) < 4.78 is 36.5. The minimum absolute atomic E-state index is 0. The van der Waals surface area contributed by atoms with E-state index in [9.17, 15) is 8.42 Å². The van der Waals surface area contributed by atoms with Gasteiger partial charge in [-0.25, -0.2) is 0 Å². The van der Waals surface area contributed by atoms with Crippen LogP contribution in [0.3, 0.4) is 0 Å². The number of fused-ring (bicyclic) bond motifs is 1. The van der Waals surface area contributed by atoms with Gasteiger partial charge in [0, 0.05) is 10.8 Å². The molecule has 0 aliphatic rings. The van der Waals surface area contributed by atoms with Crippen LogP contribution in [-0.2, 0) is 10.1 Å². The molecule has 0 saturated heterocycles. The molecular formula is C11H11KO4S. The zero-order valence-electron chi connectivity index (χ0n) is 8.54. The summed E-state index contributed by atoms with van der Waals surface area (Å²) in [5, 5.41) is 1.10. The zero-order chi connectivity index (χ0) is 11.8. The van der Waals surface area contributed by atoms with Crippen molar-refractivity contribution < 1.29 is 17.7 Å². The summed E-state index contributed by atoms with van der Waals surface area (Å²) >= 11 is 0. The summed E-state index contributed by atoms with van der Waals surface area (Å²) in [6.45, 7) is 0. The van der Waals surface area contributed by atoms with E-state index in [0.29, 0.717) is 16.5 Å². The standard InChI is InChI=1S/C11H10O4S.K.H/c1-15-10-6-7-11(16(12,13)14)9-5-3-2-4-8(9)10;;/h2-7H,1H3,(H,12,13,14);;. The van der Waals surface area contributed by atoms with Gasteiger partial charge in [-0.2, -0.15) is 8.42 Å². The van der Waals surface area contributed by atoms with Gasteiger partial charge < -0.3 is 4.74 Å². The first-order chi connectivity index (χ1) is 7.54. The second-order valence-electron chi connectivity index (χ2n) is 3.29. The van der Waals surface area contributed by atoms with E-state index in [0.717, 1.165) is 0 Å². The average molecular weight is 278 g/mol. The van der Waals surface area contributed by atoms with Gasteiger partial charge in [0.1, 0.15) is 10.6 Å². The van der Waals surface area contributed by atoms with E-state index in [1.807, 2.05) is 0 Å². The molecule has 86 valence electrons. The first kappa shape index (κ1) is 15.1. The molecule has 0 aliphatic carbocycles. The van der Waals surface area contributed by atoms with Crippen molar-refractivity contribution in [1.82, 2.24) is 0 Å². The summed E-state index contributed by atoms with van der Waals surface area (Å²) in [7, 11) is -2.70. The molecule has 0 amide bonds. The molecule has 0 saturated carbocycles. The molecule has 0 atom stereocenters. The number of ether oxygens (including phenoxy) is 1. The molecule has 0 bridgehead atoms. The van der Waals surface area contributed by atoms with Crippen LogP contribution in [0.4, 0.5) is 0 Å². The van der Waals surface area contributed by atoms with Crippen molar-refractivity contribution in [2.24, 2.45) is 0 Å². The maximum atomic E-state index is 11.2. The summed E-state index contributed by atoms with van der Waals surface area (Å²) in [5.41, 5.74) is 0. The van der Waals surface area contributed by atoms with Crippen LogP contribution in [0.25, 0.3) is 10.8 Å². The van der Waals surface area contributed by atoms with Gasteiger partial charge in [0.15, 0.2) is 0 Å². The van der Waals surface area contributed by atoms with E-state index < -0.39 is 10.1 Å². The van der Waals surface area contributed by atoms with Gasteiger partial charge in [0.2, 0.25) is 0 Å².